The van der Waals surface area contributed by atoms with Crippen LogP contribution in [0, 0.1) is 0 Å². The summed E-state index contributed by atoms with van der Waals surface area (Å²) in [5.41, 5.74) is -1.29. The lowest BCUT2D eigenvalue weighted by Gasteiger charge is -2.38. The number of fused-ring (bicyclic) bond motifs is 1. The number of nitrogens with zero attached hydrogens (tertiary/aromatic N) is 5. The molecule has 4 rings (SSSR count). The predicted octanol–water partition coefficient (Wildman–Crippen LogP) is 1.78. The number of carbonyl (C=O) groups is 1. The number of aromatic nitrogens is 2. The van der Waals surface area contributed by atoms with E-state index in [1.807, 2.05) is 26.8 Å². The molecule has 0 aliphatic carbocycles. The van der Waals surface area contributed by atoms with Gasteiger partial charge in [0.1, 0.15) is 18.0 Å². The number of ether oxygens (including phenoxy) is 2. The molecule has 0 atom stereocenters. The summed E-state index contributed by atoms with van der Waals surface area (Å²) in [6.07, 6.45) is 1.81. The van der Waals surface area contributed by atoms with Crippen LogP contribution in [0.15, 0.2) is 29.3 Å². The molecule has 0 saturated carbocycles. The topological polar surface area (TPSA) is 100 Å². The van der Waals surface area contributed by atoms with Gasteiger partial charge in [-0.3, -0.25) is 14.3 Å². The first-order valence-corrected chi connectivity index (χ1v) is 12.7. The zero-order valence-electron chi connectivity index (χ0n) is 21.9. The summed E-state index contributed by atoms with van der Waals surface area (Å²) < 4.78 is 12.8. The number of aliphatic hydroxyl groups is 1. The second-order valence-electron chi connectivity index (χ2n) is 11.0. The number of hydrogen-bond acceptors (Lipinski definition) is 8. The third-order valence-electron chi connectivity index (χ3n) is 6.88. The number of rotatable bonds is 6. The molecule has 0 unspecified atom stereocenters. The Labute approximate surface area is 212 Å². The minimum absolute atomic E-state index is 0.116. The van der Waals surface area contributed by atoms with Gasteiger partial charge in [-0.1, -0.05) is 0 Å². The van der Waals surface area contributed by atoms with Gasteiger partial charge in [0.05, 0.1) is 29.4 Å². The van der Waals surface area contributed by atoms with Crippen LogP contribution < -0.4 is 10.3 Å². The first-order chi connectivity index (χ1) is 17.0. The van der Waals surface area contributed by atoms with Crippen molar-refractivity contribution in [3.63, 3.8) is 0 Å². The van der Waals surface area contributed by atoms with Gasteiger partial charge in [0.15, 0.2) is 0 Å². The molecule has 2 fully saturated rings. The first kappa shape index (κ1) is 26.4. The lowest BCUT2D eigenvalue weighted by Crippen LogP contribution is -2.50. The quantitative estimate of drug-likeness (QED) is 0.640. The third-order valence-corrected chi connectivity index (χ3v) is 6.88. The number of carbonyl (C=O) groups excluding carboxylic acids is 1. The van der Waals surface area contributed by atoms with Gasteiger partial charge in [-0.15, -0.1) is 0 Å². The zero-order chi connectivity index (χ0) is 25.9. The van der Waals surface area contributed by atoms with Crippen molar-refractivity contribution >= 4 is 17.0 Å². The molecule has 1 aromatic carbocycles. The highest BCUT2D eigenvalue weighted by molar-refractivity contribution is 5.78. The van der Waals surface area contributed by atoms with E-state index < -0.39 is 11.2 Å². The van der Waals surface area contributed by atoms with Crippen LogP contribution in [-0.4, -0.2) is 106 Å². The van der Waals surface area contributed by atoms with Crippen LogP contribution in [0.1, 0.15) is 33.6 Å². The monoisotopic (exact) mass is 501 g/mol. The minimum Gasteiger partial charge on any atom is -0.492 e. The number of likely N-dealkylation sites (N-methyl/N-ethyl adjacent to an activating group) is 1. The molecule has 2 saturated heterocycles. The molecule has 2 aliphatic heterocycles. The zero-order valence-corrected chi connectivity index (χ0v) is 21.9. The van der Waals surface area contributed by atoms with Gasteiger partial charge in [-0.05, 0) is 58.9 Å². The Balaban J connectivity index is 1.37. The van der Waals surface area contributed by atoms with Gasteiger partial charge in [-0.2, -0.15) is 0 Å². The van der Waals surface area contributed by atoms with Gasteiger partial charge in [0.2, 0.25) is 0 Å². The molecule has 0 spiro atoms. The van der Waals surface area contributed by atoms with Crippen LogP contribution in [0.25, 0.3) is 10.9 Å². The molecule has 3 heterocycles. The van der Waals surface area contributed by atoms with Crippen molar-refractivity contribution in [2.45, 2.75) is 51.4 Å². The van der Waals surface area contributed by atoms with Gasteiger partial charge in [-0.25, -0.2) is 9.78 Å². The number of hydrogen-bond donors (Lipinski definition) is 1. The fourth-order valence-corrected chi connectivity index (χ4v) is 4.61. The number of piperazine rings is 1. The Morgan fingerprint density at radius 3 is 2.47 bits per heavy atom. The average molecular weight is 502 g/mol. The second kappa shape index (κ2) is 10.7. The van der Waals surface area contributed by atoms with E-state index in [2.05, 4.69) is 21.8 Å². The maximum Gasteiger partial charge on any atom is 0.410 e. The van der Waals surface area contributed by atoms with Gasteiger partial charge >= 0.3 is 6.09 Å². The van der Waals surface area contributed by atoms with Crippen LogP contribution in [-0.2, 0) is 11.3 Å². The largest absolute Gasteiger partial charge is 0.492 e. The maximum atomic E-state index is 13.2. The first-order valence-electron chi connectivity index (χ1n) is 12.7. The smallest absolute Gasteiger partial charge is 0.410 e. The van der Waals surface area contributed by atoms with E-state index in [0.717, 1.165) is 32.7 Å². The minimum atomic E-state index is -1.10. The Hall–Kier alpha value is -2.69. The predicted molar refractivity (Wildman–Crippen MR) is 137 cm³/mol. The summed E-state index contributed by atoms with van der Waals surface area (Å²) in [6, 6.07) is 5.36. The normalized spacial score (nSPS) is 19.4. The number of benzene rings is 1. The summed E-state index contributed by atoms with van der Waals surface area (Å²) in [5.74, 6) is 0.637. The molecule has 198 valence electrons. The van der Waals surface area contributed by atoms with E-state index in [9.17, 15) is 14.7 Å². The van der Waals surface area contributed by atoms with Crippen molar-refractivity contribution in [3.05, 3.63) is 34.9 Å². The third kappa shape index (κ3) is 6.74. The Bertz CT molecular complexity index is 1110. The molecule has 10 heteroatoms. The van der Waals surface area contributed by atoms with Crippen LogP contribution in [0.2, 0.25) is 0 Å². The van der Waals surface area contributed by atoms with E-state index in [4.69, 9.17) is 9.47 Å². The molecular weight excluding hydrogens is 462 g/mol. The van der Waals surface area contributed by atoms with Crippen molar-refractivity contribution in [3.8, 4) is 5.75 Å². The van der Waals surface area contributed by atoms with Gasteiger partial charge in [0, 0.05) is 45.8 Å². The molecule has 0 radical (unpaired) electrons. The highest BCUT2D eigenvalue weighted by Crippen LogP contribution is 2.25. The van der Waals surface area contributed by atoms with E-state index in [0.29, 0.717) is 49.2 Å². The van der Waals surface area contributed by atoms with Crippen molar-refractivity contribution < 1.29 is 19.4 Å². The number of amides is 1. The van der Waals surface area contributed by atoms with Crippen LogP contribution in [0.4, 0.5) is 4.79 Å². The van der Waals surface area contributed by atoms with Crippen LogP contribution >= 0.6 is 0 Å². The van der Waals surface area contributed by atoms with Crippen molar-refractivity contribution in [2.75, 3.05) is 59.5 Å². The fourth-order valence-electron chi connectivity index (χ4n) is 4.61. The molecule has 2 aromatic rings. The number of likely N-dealkylation sites (tertiary alicyclic amines) is 1. The lowest BCUT2D eigenvalue weighted by atomic mass is 9.91. The highest BCUT2D eigenvalue weighted by Gasteiger charge is 2.36. The molecule has 1 amide bonds. The molecular formula is C26H39N5O5. The molecule has 36 heavy (non-hydrogen) atoms. The lowest BCUT2D eigenvalue weighted by molar-refractivity contribution is -0.0419. The van der Waals surface area contributed by atoms with E-state index in [1.54, 1.807) is 17.0 Å². The Morgan fingerprint density at radius 2 is 1.81 bits per heavy atom. The Kier molecular flexibility index (Phi) is 7.87. The highest BCUT2D eigenvalue weighted by atomic mass is 16.6. The standard InChI is InChI=1S/C26H39N5O5/c1-25(2,3)36-24(33)30-9-7-26(34,8-10-30)18-31-19-27-22-6-5-20(17-21(22)23(31)32)35-16-15-29-13-11-28(4)12-14-29/h5-6,17,19,34H,7-16,18H2,1-4H3. The average Bonchev–Trinajstić information content (AvgIpc) is 2.82. The summed E-state index contributed by atoms with van der Waals surface area (Å²) >= 11 is 0. The molecule has 0 bridgehead atoms. The van der Waals surface area contributed by atoms with Crippen molar-refractivity contribution in [1.29, 1.82) is 0 Å². The van der Waals surface area contributed by atoms with Crippen LogP contribution in [0.3, 0.4) is 0 Å². The van der Waals surface area contributed by atoms with Crippen LogP contribution in [0.5, 0.6) is 5.75 Å². The van der Waals surface area contributed by atoms with Crippen molar-refractivity contribution in [1.82, 2.24) is 24.3 Å². The van der Waals surface area contributed by atoms with E-state index in [-0.39, 0.29) is 18.2 Å². The molecule has 2 aliphatic rings. The van der Waals surface area contributed by atoms with Gasteiger partial charge in [0.25, 0.3) is 5.56 Å². The Morgan fingerprint density at radius 1 is 1.11 bits per heavy atom. The summed E-state index contributed by atoms with van der Waals surface area (Å²) in [7, 11) is 2.13. The number of piperidine rings is 1. The second-order valence-corrected chi connectivity index (χ2v) is 11.0. The van der Waals surface area contributed by atoms with Crippen molar-refractivity contribution in [2.24, 2.45) is 0 Å². The fraction of sp³-hybridized carbons (Fsp3) is 0.654. The molecule has 1 N–H and O–H groups in total. The van der Waals surface area contributed by atoms with E-state index >= 15 is 0 Å². The summed E-state index contributed by atoms with van der Waals surface area (Å²) in [4.78, 5) is 36.3. The van der Waals surface area contributed by atoms with E-state index in [1.165, 1.54) is 10.9 Å². The molecule has 1 aromatic heterocycles. The SMILES string of the molecule is CN1CCN(CCOc2ccc3ncn(CC4(O)CCN(C(=O)OC(C)(C)C)CC4)c(=O)c3c2)CC1. The summed E-state index contributed by atoms with van der Waals surface area (Å²) in [5, 5.41) is 11.6. The van der Waals surface area contributed by atoms with Gasteiger partial charge < -0.3 is 24.4 Å². The maximum absolute atomic E-state index is 13.2. The molecule has 10 nitrogen and oxygen atoms in total. The summed E-state index contributed by atoms with van der Waals surface area (Å²) in [6.45, 7) is 11.9.